The Morgan fingerprint density at radius 3 is 2.43 bits per heavy atom. The van der Waals surface area contributed by atoms with E-state index in [1.165, 1.54) is 12.8 Å². The van der Waals surface area contributed by atoms with E-state index in [1.807, 2.05) is 23.6 Å². The molecule has 28 heavy (non-hydrogen) atoms. The van der Waals surface area contributed by atoms with Crippen LogP contribution in [0.2, 0.25) is 0 Å². The third-order valence-corrected chi connectivity index (χ3v) is 6.20. The van der Waals surface area contributed by atoms with Gasteiger partial charge in [-0.3, -0.25) is 9.78 Å². The van der Waals surface area contributed by atoms with Crippen LogP contribution in [0.5, 0.6) is 0 Å². The number of aryl methyl sites for hydroxylation is 1. The van der Waals surface area contributed by atoms with Crippen molar-refractivity contribution in [1.82, 2.24) is 24.6 Å². The van der Waals surface area contributed by atoms with Crippen LogP contribution in [0.15, 0.2) is 29.3 Å². The second-order valence-electron chi connectivity index (χ2n) is 8.98. The Kier molecular flexibility index (Phi) is 4.81. The lowest BCUT2D eigenvalue weighted by atomic mass is 9.70. The molecule has 0 saturated heterocycles. The third-order valence-electron chi connectivity index (χ3n) is 6.20. The summed E-state index contributed by atoms with van der Waals surface area (Å²) in [6.07, 6.45) is 8.74. The van der Waals surface area contributed by atoms with Gasteiger partial charge in [-0.1, -0.05) is 27.7 Å². The van der Waals surface area contributed by atoms with Crippen molar-refractivity contribution in [3.8, 4) is 11.4 Å². The van der Waals surface area contributed by atoms with Crippen LogP contribution < -0.4 is 5.56 Å². The number of hydrogen-bond acceptors (Lipinski definition) is 4. The maximum Gasteiger partial charge on any atom is 0.277 e. The van der Waals surface area contributed by atoms with Gasteiger partial charge in [0.25, 0.3) is 5.56 Å². The van der Waals surface area contributed by atoms with Gasteiger partial charge in [-0.25, -0.2) is 9.50 Å². The van der Waals surface area contributed by atoms with Crippen molar-refractivity contribution >= 4 is 5.52 Å². The molecule has 6 nitrogen and oxygen atoms in total. The lowest BCUT2D eigenvalue weighted by Gasteiger charge is -2.36. The standard InChI is InChI=1S/C22H29N5O/c1-5-17-18-21(28)25-19(14-10-12-23-13-11-14)26-27(18)20(24-17)15-6-8-16(9-7-15)22(2,3)4/h10-13,15-16H,5-9H2,1-4H3,(H,25,26,28). The van der Waals surface area contributed by atoms with Gasteiger partial charge >= 0.3 is 0 Å². The fraction of sp³-hybridized carbons (Fsp3) is 0.545. The average Bonchev–Trinajstić information content (AvgIpc) is 3.07. The van der Waals surface area contributed by atoms with Crippen LogP contribution in [0.1, 0.15) is 70.8 Å². The quantitative estimate of drug-likeness (QED) is 0.733. The van der Waals surface area contributed by atoms with E-state index >= 15 is 0 Å². The summed E-state index contributed by atoms with van der Waals surface area (Å²) in [5.41, 5.74) is 2.50. The monoisotopic (exact) mass is 379 g/mol. The first-order valence-corrected chi connectivity index (χ1v) is 10.3. The number of pyridine rings is 1. The number of nitrogens with zero attached hydrogens (tertiary/aromatic N) is 4. The zero-order valence-electron chi connectivity index (χ0n) is 17.2. The number of imidazole rings is 1. The third kappa shape index (κ3) is 3.36. The Morgan fingerprint density at radius 2 is 1.82 bits per heavy atom. The molecule has 3 heterocycles. The predicted molar refractivity (Wildman–Crippen MR) is 110 cm³/mol. The first-order chi connectivity index (χ1) is 13.4. The molecule has 0 unspecified atom stereocenters. The fourth-order valence-corrected chi connectivity index (χ4v) is 4.46. The summed E-state index contributed by atoms with van der Waals surface area (Å²) in [4.78, 5) is 24.7. The van der Waals surface area contributed by atoms with Gasteiger partial charge in [-0.05, 0) is 55.6 Å². The lowest BCUT2D eigenvalue weighted by Crippen LogP contribution is -2.26. The molecule has 6 heteroatoms. The predicted octanol–water partition coefficient (Wildman–Crippen LogP) is 4.36. The summed E-state index contributed by atoms with van der Waals surface area (Å²) in [7, 11) is 0. The van der Waals surface area contributed by atoms with Crippen LogP contribution in [0.4, 0.5) is 0 Å². The molecule has 0 spiro atoms. The highest BCUT2D eigenvalue weighted by Gasteiger charge is 2.32. The minimum absolute atomic E-state index is 0.124. The molecule has 0 atom stereocenters. The highest BCUT2D eigenvalue weighted by Crippen LogP contribution is 2.43. The van der Waals surface area contributed by atoms with Gasteiger partial charge < -0.3 is 4.98 Å². The summed E-state index contributed by atoms with van der Waals surface area (Å²) in [6, 6.07) is 3.71. The van der Waals surface area contributed by atoms with Crippen LogP contribution in [0.3, 0.4) is 0 Å². The summed E-state index contributed by atoms with van der Waals surface area (Å²) in [5.74, 6) is 2.60. The molecular weight excluding hydrogens is 350 g/mol. The van der Waals surface area contributed by atoms with Gasteiger partial charge in [0.15, 0.2) is 11.3 Å². The van der Waals surface area contributed by atoms with Crippen molar-refractivity contribution in [3.05, 3.63) is 46.4 Å². The van der Waals surface area contributed by atoms with E-state index in [1.54, 1.807) is 12.4 Å². The van der Waals surface area contributed by atoms with Crippen LogP contribution in [-0.2, 0) is 6.42 Å². The lowest BCUT2D eigenvalue weighted by molar-refractivity contribution is 0.167. The largest absolute Gasteiger partial charge is 0.303 e. The molecule has 1 N–H and O–H groups in total. The minimum atomic E-state index is -0.124. The van der Waals surface area contributed by atoms with Crippen molar-refractivity contribution < 1.29 is 0 Å². The summed E-state index contributed by atoms with van der Waals surface area (Å²) < 4.78 is 1.81. The van der Waals surface area contributed by atoms with Gasteiger partial charge in [0.05, 0.1) is 5.69 Å². The van der Waals surface area contributed by atoms with Crippen LogP contribution in [0, 0.1) is 11.3 Å². The smallest absolute Gasteiger partial charge is 0.277 e. The summed E-state index contributed by atoms with van der Waals surface area (Å²) in [6.45, 7) is 9.04. The number of aromatic amines is 1. The number of aromatic nitrogens is 5. The molecule has 1 aliphatic carbocycles. The molecule has 0 radical (unpaired) electrons. The molecule has 0 bridgehead atoms. The van der Waals surface area contributed by atoms with E-state index in [9.17, 15) is 4.79 Å². The second kappa shape index (κ2) is 7.15. The highest BCUT2D eigenvalue weighted by atomic mass is 16.1. The molecule has 0 amide bonds. The molecule has 4 rings (SSSR count). The SMILES string of the molecule is CCc1nc(C2CCC(C(C)(C)C)CC2)n2nc(-c3ccncc3)[nH]c(=O)c12. The van der Waals surface area contributed by atoms with Crippen molar-refractivity contribution in [2.45, 2.75) is 65.7 Å². The number of H-pyrrole nitrogens is 1. The molecule has 0 aromatic carbocycles. The topological polar surface area (TPSA) is 75.9 Å². The summed E-state index contributed by atoms with van der Waals surface area (Å²) >= 11 is 0. The highest BCUT2D eigenvalue weighted by molar-refractivity contribution is 5.57. The summed E-state index contributed by atoms with van der Waals surface area (Å²) in [5, 5.41) is 4.79. The first-order valence-electron chi connectivity index (χ1n) is 10.3. The number of nitrogens with one attached hydrogen (secondary N) is 1. The van der Waals surface area contributed by atoms with Crippen molar-refractivity contribution in [3.63, 3.8) is 0 Å². The minimum Gasteiger partial charge on any atom is -0.303 e. The molecule has 148 valence electrons. The van der Waals surface area contributed by atoms with E-state index in [0.717, 1.165) is 42.3 Å². The Labute approximate surface area is 165 Å². The molecule has 3 aromatic rings. The number of fused-ring (bicyclic) bond motifs is 1. The van der Waals surface area contributed by atoms with Crippen molar-refractivity contribution in [2.75, 3.05) is 0 Å². The Hall–Kier alpha value is -2.50. The molecule has 1 fully saturated rings. The van der Waals surface area contributed by atoms with Crippen LogP contribution in [0.25, 0.3) is 16.9 Å². The average molecular weight is 380 g/mol. The van der Waals surface area contributed by atoms with Crippen LogP contribution >= 0.6 is 0 Å². The van der Waals surface area contributed by atoms with Crippen molar-refractivity contribution in [2.24, 2.45) is 11.3 Å². The molecule has 3 aromatic heterocycles. The van der Waals surface area contributed by atoms with E-state index in [4.69, 9.17) is 10.1 Å². The Morgan fingerprint density at radius 1 is 1.14 bits per heavy atom. The van der Waals surface area contributed by atoms with E-state index in [2.05, 4.69) is 30.7 Å². The van der Waals surface area contributed by atoms with Gasteiger partial charge in [0, 0.05) is 23.9 Å². The van der Waals surface area contributed by atoms with Crippen LogP contribution in [-0.4, -0.2) is 24.6 Å². The molecule has 1 saturated carbocycles. The maximum absolute atomic E-state index is 12.9. The van der Waals surface area contributed by atoms with E-state index in [0.29, 0.717) is 22.7 Å². The maximum atomic E-state index is 12.9. The van der Waals surface area contributed by atoms with Gasteiger partial charge in [0.2, 0.25) is 0 Å². The zero-order valence-corrected chi connectivity index (χ0v) is 17.2. The molecule has 1 aliphatic rings. The first kappa shape index (κ1) is 18.8. The number of rotatable bonds is 3. The molecule has 0 aliphatic heterocycles. The second-order valence-corrected chi connectivity index (χ2v) is 8.98. The molecular formula is C22H29N5O. The van der Waals surface area contributed by atoms with Gasteiger partial charge in [0.1, 0.15) is 5.82 Å². The fourth-order valence-electron chi connectivity index (χ4n) is 4.46. The van der Waals surface area contributed by atoms with E-state index in [-0.39, 0.29) is 5.56 Å². The normalized spacial score (nSPS) is 20.6. The van der Waals surface area contributed by atoms with Gasteiger partial charge in [-0.15, -0.1) is 5.10 Å². The Balaban J connectivity index is 1.77. The van der Waals surface area contributed by atoms with Crippen molar-refractivity contribution in [1.29, 1.82) is 0 Å². The van der Waals surface area contributed by atoms with E-state index < -0.39 is 0 Å². The number of hydrogen-bond donors (Lipinski definition) is 1. The van der Waals surface area contributed by atoms with Gasteiger partial charge in [-0.2, -0.15) is 0 Å². The Bertz CT molecular complexity index is 1020. The zero-order chi connectivity index (χ0) is 19.9.